The molecule has 6 nitrogen and oxygen atoms in total. The van der Waals surface area contributed by atoms with Gasteiger partial charge in [-0.15, -0.1) is 24.0 Å². The molecule has 2 rings (SSSR count). The van der Waals surface area contributed by atoms with Gasteiger partial charge in [-0.1, -0.05) is 13.8 Å². The molecule has 0 amide bonds. The van der Waals surface area contributed by atoms with E-state index >= 15 is 0 Å². The van der Waals surface area contributed by atoms with E-state index < -0.39 is 0 Å². The van der Waals surface area contributed by atoms with E-state index in [0.717, 1.165) is 83.9 Å². The van der Waals surface area contributed by atoms with Crippen LogP contribution in [0.15, 0.2) is 4.99 Å². The Balaban J connectivity index is 0.00000338. The van der Waals surface area contributed by atoms with Crippen LogP contribution in [-0.2, 0) is 9.47 Å². The molecular weight excluding hydrogens is 443 g/mol. The summed E-state index contributed by atoms with van der Waals surface area (Å²) in [6.45, 7) is 14.6. The van der Waals surface area contributed by atoms with Gasteiger partial charge in [0.25, 0.3) is 0 Å². The number of hydrogen-bond acceptors (Lipinski definition) is 4. The molecule has 2 atom stereocenters. The molecule has 2 fully saturated rings. The van der Waals surface area contributed by atoms with Crippen molar-refractivity contribution in [1.82, 2.24) is 15.1 Å². The quantitative estimate of drug-likeness (QED) is 0.224. The van der Waals surface area contributed by atoms with Crippen molar-refractivity contribution in [2.45, 2.75) is 33.1 Å². The lowest BCUT2D eigenvalue weighted by Gasteiger charge is -2.24. The van der Waals surface area contributed by atoms with Gasteiger partial charge < -0.3 is 24.6 Å². The molecule has 26 heavy (non-hydrogen) atoms. The van der Waals surface area contributed by atoms with Crippen LogP contribution in [-0.4, -0.2) is 88.5 Å². The molecule has 7 heteroatoms. The van der Waals surface area contributed by atoms with Crippen LogP contribution in [0.4, 0.5) is 0 Å². The smallest absolute Gasteiger partial charge is 0.193 e. The number of aliphatic imine (C=N–C) groups is 1. The Morgan fingerprint density at radius 2 is 2.08 bits per heavy atom. The molecule has 2 aliphatic rings. The molecule has 2 aliphatic heterocycles. The lowest BCUT2D eigenvalue weighted by Crippen LogP contribution is -2.41. The number of rotatable bonds is 10. The fourth-order valence-corrected chi connectivity index (χ4v) is 3.69. The van der Waals surface area contributed by atoms with Crippen molar-refractivity contribution in [3.63, 3.8) is 0 Å². The Kier molecular flexibility index (Phi) is 12.8. The topological polar surface area (TPSA) is 49.3 Å². The summed E-state index contributed by atoms with van der Waals surface area (Å²) in [5, 5.41) is 3.50. The van der Waals surface area contributed by atoms with Crippen molar-refractivity contribution in [2.24, 2.45) is 16.8 Å². The Hall–Kier alpha value is -0.120. The number of nitrogens with zero attached hydrogens (tertiary/aromatic N) is 3. The van der Waals surface area contributed by atoms with Crippen molar-refractivity contribution in [1.29, 1.82) is 0 Å². The van der Waals surface area contributed by atoms with Gasteiger partial charge in [0.2, 0.25) is 0 Å². The second-order valence-corrected chi connectivity index (χ2v) is 7.22. The van der Waals surface area contributed by atoms with Crippen LogP contribution in [0.25, 0.3) is 0 Å². The molecule has 2 unspecified atom stereocenters. The number of hydrogen-bond donors (Lipinski definition) is 1. The maximum absolute atomic E-state index is 5.77. The zero-order valence-corrected chi connectivity index (χ0v) is 19.2. The normalized spacial score (nSPS) is 23.5. The first-order valence-electron chi connectivity index (χ1n) is 10.1. The highest BCUT2D eigenvalue weighted by Gasteiger charge is 2.25. The minimum absolute atomic E-state index is 0. The predicted octanol–water partition coefficient (Wildman–Crippen LogP) is 2.29. The van der Waals surface area contributed by atoms with Gasteiger partial charge in [-0.3, -0.25) is 4.99 Å². The Bertz CT molecular complexity index is 388. The standard InChI is InChI=1S/C19H38N4O2.HI/c1-4-22(5-2)13-17-7-10-23(14-17)19(20-3)21-9-6-11-24-15-18-8-12-25-16-18;/h17-18H,4-16H2,1-3H3,(H,20,21);1H. The van der Waals surface area contributed by atoms with Gasteiger partial charge in [0, 0.05) is 52.4 Å². The van der Waals surface area contributed by atoms with Crippen molar-refractivity contribution < 1.29 is 9.47 Å². The number of guanidine groups is 1. The average molecular weight is 482 g/mol. The second kappa shape index (κ2) is 14.0. The summed E-state index contributed by atoms with van der Waals surface area (Å²) < 4.78 is 11.1. The molecule has 0 bridgehead atoms. The zero-order valence-electron chi connectivity index (χ0n) is 16.9. The first kappa shape index (κ1) is 23.9. The zero-order chi connectivity index (χ0) is 17.9. The molecule has 1 N–H and O–H groups in total. The summed E-state index contributed by atoms with van der Waals surface area (Å²) in [6.07, 6.45) is 3.43. The summed E-state index contributed by atoms with van der Waals surface area (Å²) in [5.41, 5.74) is 0. The Labute approximate surface area is 177 Å². The van der Waals surface area contributed by atoms with E-state index in [4.69, 9.17) is 9.47 Å². The number of ether oxygens (including phenoxy) is 2. The third-order valence-corrected chi connectivity index (χ3v) is 5.33. The van der Waals surface area contributed by atoms with E-state index in [1.807, 2.05) is 7.05 Å². The summed E-state index contributed by atoms with van der Waals surface area (Å²) in [5.74, 6) is 2.41. The van der Waals surface area contributed by atoms with Gasteiger partial charge in [-0.2, -0.15) is 0 Å². The number of halogens is 1. The third-order valence-electron chi connectivity index (χ3n) is 5.33. The van der Waals surface area contributed by atoms with Crippen LogP contribution >= 0.6 is 24.0 Å². The molecule has 154 valence electrons. The maximum Gasteiger partial charge on any atom is 0.193 e. The van der Waals surface area contributed by atoms with Crippen LogP contribution in [0, 0.1) is 11.8 Å². The molecular formula is C19H39IN4O2. The van der Waals surface area contributed by atoms with E-state index in [1.165, 1.54) is 13.0 Å². The summed E-state index contributed by atoms with van der Waals surface area (Å²) in [6, 6.07) is 0. The van der Waals surface area contributed by atoms with E-state index in [0.29, 0.717) is 5.92 Å². The first-order chi connectivity index (χ1) is 12.3. The monoisotopic (exact) mass is 482 g/mol. The second-order valence-electron chi connectivity index (χ2n) is 7.22. The van der Waals surface area contributed by atoms with Crippen molar-refractivity contribution in [2.75, 3.05) is 72.7 Å². The minimum atomic E-state index is 0. The van der Waals surface area contributed by atoms with Gasteiger partial charge in [0.15, 0.2) is 5.96 Å². The lowest BCUT2D eigenvalue weighted by atomic mass is 10.1. The van der Waals surface area contributed by atoms with Crippen LogP contribution in [0.3, 0.4) is 0 Å². The first-order valence-corrected chi connectivity index (χ1v) is 10.1. The van der Waals surface area contributed by atoms with Crippen LogP contribution in [0.5, 0.6) is 0 Å². The Morgan fingerprint density at radius 3 is 2.73 bits per heavy atom. The van der Waals surface area contributed by atoms with E-state index in [2.05, 4.69) is 34.0 Å². The van der Waals surface area contributed by atoms with Crippen molar-refractivity contribution in [3.05, 3.63) is 0 Å². The number of nitrogens with one attached hydrogen (secondary N) is 1. The minimum Gasteiger partial charge on any atom is -0.381 e. The highest BCUT2D eigenvalue weighted by Crippen LogP contribution is 2.17. The summed E-state index contributed by atoms with van der Waals surface area (Å²) in [4.78, 5) is 9.40. The molecule has 0 aromatic carbocycles. The maximum atomic E-state index is 5.77. The van der Waals surface area contributed by atoms with E-state index in [9.17, 15) is 0 Å². The molecule has 0 aromatic heterocycles. The largest absolute Gasteiger partial charge is 0.381 e. The van der Waals surface area contributed by atoms with Gasteiger partial charge in [0.1, 0.15) is 0 Å². The van der Waals surface area contributed by atoms with E-state index in [-0.39, 0.29) is 24.0 Å². The van der Waals surface area contributed by atoms with Gasteiger partial charge >= 0.3 is 0 Å². The molecule has 0 saturated carbocycles. The van der Waals surface area contributed by atoms with Crippen LogP contribution < -0.4 is 5.32 Å². The third kappa shape index (κ3) is 8.27. The predicted molar refractivity (Wildman–Crippen MR) is 119 cm³/mol. The SMILES string of the molecule is CCN(CC)CC1CCN(C(=NC)NCCCOCC2CCOC2)C1.I. The number of likely N-dealkylation sites (tertiary alicyclic amines) is 1. The lowest BCUT2D eigenvalue weighted by molar-refractivity contribution is 0.0887. The van der Waals surface area contributed by atoms with Gasteiger partial charge in [-0.25, -0.2) is 0 Å². The fourth-order valence-electron chi connectivity index (χ4n) is 3.69. The van der Waals surface area contributed by atoms with E-state index in [1.54, 1.807) is 0 Å². The summed E-state index contributed by atoms with van der Waals surface area (Å²) in [7, 11) is 1.89. The van der Waals surface area contributed by atoms with Gasteiger partial charge in [0.05, 0.1) is 13.2 Å². The molecule has 2 saturated heterocycles. The molecule has 0 aromatic rings. The molecule has 0 radical (unpaired) electrons. The van der Waals surface area contributed by atoms with Crippen molar-refractivity contribution >= 4 is 29.9 Å². The molecule has 0 spiro atoms. The fraction of sp³-hybridized carbons (Fsp3) is 0.947. The highest BCUT2D eigenvalue weighted by molar-refractivity contribution is 14.0. The van der Waals surface area contributed by atoms with Gasteiger partial charge in [-0.05, 0) is 38.3 Å². The highest BCUT2D eigenvalue weighted by atomic mass is 127. The molecule has 0 aliphatic carbocycles. The van der Waals surface area contributed by atoms with Crippen molar-refractivity contribution in [3.8, 4) is 0 Å². The average Bonchev–Trinajstić information content (AvgIpc) is 3.31. The molecule has 2 heterocycles. The van der Waals surface area contributed by atoms with Crippen LogP contribution in [0.2, 0.25) is 0 Å². The summed E-state index contributed by atoms with van der Waals surface area (Å²) >= 11 is 0. The Morgan fingerprint density at radius 1 is 1.27 bits per heavy atom. The van der Waals surface area contributed by atoms with Crippen LogP contribution in [0.1, 0.15) is 33.1 Å².